The number of aryl methyl sites for hydroxylation is 2. The van der Waals surface area contributed by atoms with Gasteiger partial charge in [0.05, 0.1) is 0 Å². The number of para-hydroxylation sites is 1. The number of piperidine rings is 1. The third kappa shape index (κ3) is 2.91. The van der Waals surface area contributed by atoms with Crippen LogP contribution in [0, 0.1) is 19.8 Å². The quantitative estimate of drug-likeness (QED) is 0.870. The number of nitrogens with one attached hydrogen (secondary N) is 1. The molecule has 0 saturated carbocycles. The monoisotopic (exact) mass is 246 g/mol. The normalized spacial score (nSPS) is 17.7. The van der Waals surface area contributed by atoms with E-state index in [4.69, 9.17) is 0 Å². The fourth-order valence-electron chi connectivity index (χ4n) is 2.51. The minimum absolute atomic E-state index is 0.167. The van der Waals surface area contributed by atoms with Gasteiger partial charge in [-0.25, -0.2) is 0 Å². The molecule has 1 heterocycles. The van der Waals surface area contributed by atoms with Crippen molar-refractivity contribution in [2.45, 2.75) is 26.7 Å². The van der Waals surface area contributed by atoms with Crippen LogP contribution in [0.4, 0.5) is 5.69 Å². The lowest BCUT2D eigenvalue weighted by molar-refractivity contribution is -0.121. The van der Waals surface area contributed by atoms with Crippen LogP contribution in [-0.4, -0.2) is 30.9 Å². The molecule has 0 aromatic heterocycles. The molecule has 0 atom stereocenters. The van der Waals surface area contributed by atoms with Gasteiger partial charge in [0.25, 0.3) is 0 Å². The number of anilines is 1. The zero-order chi connectivity index (χ0) is 13.1. The fourth-order valence-corrected chi connectivity index (χ4v) is 2.51. The summed E-state index contributed by atoms with van der Waals surface area (Å²) in [6.45, 7) is 6.12. The van der Waals surface area contributed by atoms with Crippen LogP contribution >= 0.6 is 0 Å². The number of nitrogens with zero attached hydrogens (tertiary/aromatic N) is 1. The highest BCUT2D eigenvalue weighted by atomic mass is 16.1. The molecule has 1 saturated heterocycles. The average Bonchev–Trinajstić information content (AvgIpc) is 2.34. The van der Waals surface area contributed by atoms with Crippen LogP contribution in [-0.2, 0) is 4.79 Å². The standard InChI is InChI=1S/C15H22N2O/c1-11-5-4-6-12(2)14(11)16-15(18)13-7-9-17(3)10-8-13/h4-6,13H,7-10H2,1-3H3,(H,16,18). The molecule has 1 aliphatic rings. The lowest BCUT2D eigenvalue weighted by Gasteiger charge is -2.28. The molecule has 18 heavy (non-hydrogen) atoms. The van der Waals surface area contributed by atoms with E-state index in [1.54, 1.807) is 0 Å². The van der Waals surface area contributed by atoms with Crippen molar-refractivity contribution < 1.29 is 4.79 Å². The molecule has 3 nitrogen and oxygen atoms in total. The van der Waals surface area contributed by atoms with Gasteiger partial charge in [0.15, 0.2) is 0 Å². The summed E-state index contributed by atoms with van der Waals surface area (Å²) in [6.07, 6.45) is 1.93. The van der Waals surface area contributed by atoms with Gasteiger partial charge in [-0.15, -0.1) is 0 Å². The first-order valence-corrected chi connectivity index (χ1v) is 6.63. The molecule has 1 aromatic carbocycles. The summed E-state index contributed by atoms with van der Waals surface area (Å²) in [4.78, 5) is 14.5. The number of likely N-dealkylation sites (tertiary alicyclic amines) is 1. The second-order valence-corrected chi connectivity index (χ2v) is 5.33. The zero-order valence-electron chi connectivity index (χ0n) is 11.5. The summed E-state index contributed by atoms with van der Waals surface area (Å²) in [7, 11) is 2.11. The van der Waals surface area contributed by atoms with Gasteiger partial charge in [-0.2, -0.15) is 0 Å². The van der Waals surface area contributed by atoms with Gasteiger partial charge in [0, 0.05) is 11.6 Å². The third-order valence-corrected chi connectivity index (χ3v) is 3.82. The largest absolute Gasteiger partial charge is 0.325 e. The van der Waals surface area contributed by atoms with E-state index in [1.807, 2.05) is 32.0 Å². The summed E-state index contributed by atoms with van der Waals surface area (Å²) < 4.78 is 0. The molecule has 1 N–H and O–H groups in total. The van der Waals surface area contributed by atoms with E-state index >= 15 is 0 Å². The van der Waals surface area contributed by atoms with E-state index in [-0.39, 0.29) is 11.8 Å². The van der Waals surface area contributed by atoms with Gasteiger partial charge >= 0.3 is 0 Å². The summed E-state index contributed by atoms with van der Waals surface area (Å²) in [5.41, 5.74) is 3.26. The lowest BCUT2D eigenvalue weighted by atomic mass is 9.96. The van der Waals surface area contributed by atoms with Gasteiger partial charge in [0.1, 0.15) is 0 Å². The molecular weight excluding hydrogens is 224 g/mol. The van der Waals surface area contributed by atoms with Crippen LogP contribution in [0.25, 0.3) is 0 Å². The molecule has 0 aliphatic carbocycles. The summed E-state index contributed by atoms with van der Waals surface area (Å²) >= 11 is 0. The zero-order valence-corrected chi connectivity index (χ0v) is 11.5. The maximum absolute atomic E-state index is 12.2. The number of hydrogen-bond acceptors (Lipinski definition) is 2. The molecule has 3 heteroatoms. The lowest BCUT2D eigenvalue weighted by Crippen LogP contribution is -2.36. The number of carbonyl (C=O) groups is 1. The first-order chi connectivity index (χ1) is 8.58. The minimum atomic E-state index is 0.167. The topological polar surface area (TPSA) is 32.3 Å². The van der Waals surface area contributed by atoms with Gasteiger partial charge in [0.2, 0.25) is 5.91 Å². The molecule has 1 amide bonds. The number of carbonyl (C=O) groups excluding carboxylic acids is 1. The molecule has 1 aliphatic heterocycles. The van der Waals surface area contributed by atoms with Gasteiger partial charge in [-0.3, -0.25) is 4.79 Å². The van der Waals surface area contributed by atoms with E-state index in [1.165, 1.54) is 0 Å². The van der Waals surface area contributed by atoms with Crippen molar-refractivity contribution in [3.05, 3.63) is 29.3 Å². The second kappa shape index (κ2) is 5.53. The van der Waals surface area contributed by atoms with Crippen LogP contribution in [0.15, 0.2) is 18.2 Å². The Kier molecular flexibility index (Phi) is 4.02. The van der Waals surface area contributed by atoms with Crippen LogP contribution in [0.5, 0.6) is 0 Å². The summed E-state index contributed by atoms with van der Waals surface area (Å²) in [6, 6.07) is 6.10. The number of rotatable bonds is 2. The fraction of sp³-hybridized carbons (Fsp3) is 0.533. The van der Waals surface area contributed by atoms with E-state index in [9.17, 15) is 4.79 Å². The Morgan fingerprint density at radius 1 is 1.22 bits per heavy atom. The Bertz CT molecular complexity index is 414. The Labute approximate surface area is 109 Å². The Morgan fingerprint density at radius 2 is 1.78 bits per heavy atom. The highest BCUT2D eigenvalue weighted by Crippen LogP contribution is 2.23. The molecule has 0 radical (unpaired) electrons. The number of amides is 1. The van der Waals surface area contributed by atoms with Crippen LogP contribution in [0.3, 0.4) is 0 Å². The molecule has 0 spiro atoms. The molecule has 0 bridgehead atoms. The minimum Gasteiger partial charge on any atom is -0.325 e. The van der Waals surface area contributed by atoms with Crippen molar-refractivity contribution in [2.24, 2.45) is 5.92 Å². The van der Waals surface area contributed by atoms with Crippen molar-refractivity contribution in [1.82, 2.24) is 4.90 Å². The van der Waals surface area contributed by atoms with Crippen molar-refractivity contribution >= 4 is 11.6 Å². The predicted molar refractivity (Wildman–Crippen MR) is 74.8 cm³/mol. The Balaban J connectivity index is 2.03. The summed E-state index contributed by atoms with van der Waals surface area (Å²) in [5.74, 6) is 0.348. The SMILES string of the molecule is Cc1cccc(C)c1NC(=O)C1CCN(C)CC1. The highest BCUT2D eigenvalue weighted by molar-refractivity contribution is 5.94. The van der Waals surface area contributed by atoms with Crippen LogP contribution in [0.1, 0.15) is 24.0 Å². The molecule has 1 aromatic rings. The molecular formula is C15H22N2O. The highest BCUT2D eigenvalue weighted by Gasteiger charge is 2.23. The maximum atomic E-state index is 12.2. The predicted octanol–water partition coefficient (Wildman–Crippen LogP) is 2.58. The van der Waals surface area contributed by atoms with Crippen molar-refractivity contribution in [3.8, 4) is 0 Å². The van der Waals surface area contributed by atoms with Crippen LogP contribution in [0.2, 0.25) is 0 Å². The van der Waals surface area contributed by atoms with Gasteiger partial charge < -0.3 is 10.2 Å². The van der Waals surface area contributed by atoms with E-state index in [2.05, 4.69) is 17.3 Å². The molecule has 0 unspecified atom stereocenters. The van der Waals surface area contributed by atoms with E-state index in [0.29, 0.717) is 0 Å². The van der Waals surface area contributed by atoms with Gasteiger partial charge in [-0.05, 0) is 58.0 Å². The third-order valence-electron chi connectivity index (χ3n) is 3.82. The smallest absolute Gasteiger partial charge is 0.227 e. The van der Waals surface area contributed by atoms with Crippen molar-refractivity contribution in [3.63, 3.8) is 0 Å². The second-order valence-electron chi connectivity index (χ2n) is 5.33. The molecule has 2 rings (SSSR count). The van der Waals surface area contributed by atoms with E-state index < -0.39 is 0 Å². The molecule has 98 valence electrons. The van der Waals surface area contributed by atoms with Crippen molar-refractivity contribution in [1.29, 1.82) is 0 Å². The number of benzene rings is 1. The maximum Gasteiger partial charge on any atom is 0.227 e. The van der Waals surface area contributed by atoms with Crippen molar-refractivity contribution in [2.75, 3.05) is 25.5 Å². The van der Waals surface area contributed by atoms with Crippen LogP contribution < -0.4 is 5.32 Å². The molecule has 1 fully saturated rings. The number of hydrogen-bond donors (Lipinski definition) is 1. The van der Waals surface area contributed by atoms with Gasteiger partial charge in [-0.1, -0.05) is 18.2 Å². The first kappa shape index (κ1) is 13.1. The average molecular weight is 246 g/mol. The Morgan fingerprint density at radius 3 is 2.33 bits per heavy atom. The summed E-state index contributed by atoms with van der Waals surface area (Å²) in [5, 5.41) is 3.11. The Hall–Kier alpha value is -1.35. The first-order valence-electron chi connectivity index (χ1n) is 6.63. The van der Waals surface area contributed by atoms with E-state index in [0.717, 1.165) is 42.7 Å².